The number of alkyl halides is 6. The highest BCUT2D eigenvalue weighted by molar-refractivity contribution is 5.86. The van der Waals surface area contributed by atoms with Crippen molar-refractivity contribution in [1.29, 1.82) is 0 Å². The van der Waals surface area contributed by atoms with Crippen molar-refractivity contribution in [2.45, 2.75) is 31.7 Å². The van der Waals surface area contributed by atoms with Crippen molar-refractivity contribution in [3.8, 4) is 5.69 Å². The second-order valence-corrected chi connectivity index (χ2v) is 7.12. The van der Waals surface area contributed by atoms with E-state index in [1.54, 1.807) is 37.4 Å². The molecule has 0 spiro atoms. The quantitative estimate of drug-likeness (QED) is 0.470. The lowest BCUT2D eigenvalue weighted by molar-refractivity contribution is -0.143. The largest absolute Gasteiger partial charge is 0.479 e. The van der Waals surface area contributed by atoms with Gasteiger partial charge in [-0.1, -0.05) is 18.2 Å². The zero-order valence-corrected chi connectivity index (χ0v) is 15.7. The Hall–Kier alpha value is -2.97. The molecule has 30 heavy (non-hydrogen) atoms. The number of nitrogens with zero attached hydrogens (tertiary/aromatic N) is 2. The molecule has 2 heterocycles. The van der Waals surface area contributed by atoms with Crippen LogP contribution in [0.5, 0.6) is 0 Å². The van der Waals surface area contributed by atoms with Gasteiger partial charge in [-0.05, 0) is 29.8 Å². The molecular formula is C21H16F6N2O. The third-order valence-electron chi connectivity index (χ3n) is 4.95. The monoisotopic (exact) mass is 426 g/mol. The molecule has 0 saturated carbocycles. The van der Waals surface area contributed by atoms with Gasteiger partial charge in [0.25, 0.3) is 0 Å². The maximum Gasteiger partial charge on any atom is 0.416 e. The number of benzene rings is 2. The standard InChI is InChI=1S/C21H16F6N2O/c1-12-28-16(11-30-12)6-13-10-29(19-5-3-2-4-18(13)19)17-8-14(20(22,23)24)7-15(9-17)21(25,26)27/h2-5,7-10,16H,6,11H2,1H3. The molecule has 158 valence electrons. The summed E-state index contributed by atoms with van der Waals surface area (Å²) >= 11 is 0. The van der Waals surface area contributed by atoms with Gasteiger partial charge >= 0.3 is 12.4 Å². The van der Waals surface area contributed by atoms with Gasteiger partial charge in [0.2, 0.25) is 0 Å². The molecule has 9 heteroatoms. The number of hydrogen-bond donors (Lipinski definition) is 0. The summed E-state index contributed by atoms with van der Waals surface area (Å²) in [7, 11) is 0. The summed E-state index contributed by atoms with van der Waals surface area (Å²) in [6, 6.07) is 8.32. The Bertz CT molecular complexity index is 1090. The first-order chi connectivity index (χ1) is 14.0. The molecule has 2 aromatic carbocycles. The van der Waals surface area contributed by atoms with Gasteiger partial charge in [-0.2, -0.15) is 26.3 Å². The molecule has 1 aromatic heterocycles. The fourth-order valence-corrected chi connectivity index (χ4v) is 3.61. The number of halogens is 6. The minimum atomic E-state index is -4.91. The van der Waals surface area contributed by atoms with Crippen LogP contribution in [0.2, 0.25) is 0 Å². The number of hydrogen-bond acceptors (Lipinski definition) is 2. The Morgan fingerprint density at radius 2 is 1.63 bits per heavy atom. The normalized spacial score (nSPS) is 17.3. The molecule has 4 rings (SSSR count). The van der Waals surface area contributed by atoms with Gasteiger partial charge in [-0.3, -0.25) is 0 Å². The van der Waals surface area contributed by atoms with Gasteiger partial charge < -0.3 is 9.30 Å². The number of rotatable bonds is 3. The first-order valence-corrected chi connectivity index (χ1v) is 9.08. The summed E-state index contributed by atoms with van der Waals surface area (Å²) in [6.45, 7) is 2.11. The molecule has 0 saturated heterocycles. The lowest BCUT2D eigenvalue weighted by atomic mass is 10.1. The molecule has 1 unspecified atom stereocenters. The van der Waals surface area contributed by atoms with Crippen LogP contribution in [0.25, 0.3) is 16.6 Å². The minimum Gasteiger partial charge on any atom is -0.479 e. The van der Waals surface area contributed by atoms with Crippen LogP contribution in [-0.2, 0) is 23.5 Å². The molecule has 1 aliphatic heterocycles. The van der Waals surface area contributed by atoms with E-state index >= 15 is 0 Å². The predicted molar refractivity (Wildman–Crippen MR) is 99.8 cm³/mol. The summed E-state index contributed by atoms with van der Waals surface area (Å²) in [5.74, 6) is 0.552. The van der Waals surface area contributed by atoms with Crippen molar-refractivity contribution in [3.05, 3.63) is 65.4 Å². The van der Waals surface area contributed by atoms with Crippen LogP contribution < -0.4 is 0 Å². The van der Waals surface area contributed by atoms with E-state index in [1.165, 1.54) is 4.57 Å². The minimum absolute atomic E-state index is 0.128. The summed E-state index contributed by atoms with van der Waals surface area (Å²) in [4.78, 5) is 4.35. The van der Waals surface area contributed by atoms with Crippen LogP contribution in [0.3, 0.4) is 0 Å². The number of aromatic nitrogens is 1. The molecule has 0 aliphatic carbocycles. The van der Waals surface area contributed by atoms with Gasteiger partial charge in [0.1, 0.15) is 6.61 Å². The lowest BCUT2D eigenvalue weighted by Crippen LogP contribution is -2.12. The van der Waals surface area contributed by atoms with E-state index in [1.807, 2.05) is 0 Å². The first-order valence-electron chi connectivity index (χ1n) is 9.08. The third kappa shape index (κ3) is 3.88. The van der Waals surface area contributed by atoms with Crippen molar-refractivity contribution in [1.82, 2.24) is 4.57 Å². The Morgan fingerprint density at radius 3 is 2.20 bits per heavy atom. The maximum absolute atomic E-state index is 13.3. The van der Waals surface area contributed by atoms with E-state index < -0.39 is 23.5 Å². The molecule has 3 nitrogen and oxygen atoms in total. The van der Waals surface area contributed by atoms with Crippen molar-refractivity contribution in [3.63, 3.8) is 0 Å². The topological polar surface area (TPSA) is 26.5 Å². The van der Waals surface area contributed by atoms with Gasteiger partial charge in [0.05, 0.1) is 22.7 Å². The molecule has 0 radical (unpaired) electrons. The van der Waals surface area contributed by atoms with E-state index in [0.29, 0.717) is 24.4 Å². The average Bonchev–Trinajstić information content (AvgIpc) is 3.24. The van der Waals surface area contributed by atoms with E-state index in [0.717, 1.165) is 23.1 Å². The second-order valence-electron chi connectivity index (χ2n) is 7.12. The summed E-state index contributed by atoms with van der Waals surface area (Å²) in [5.41, 5.74) is -1.63. The van der Waals surface area contributed by atoms with Gasteiger partial charge in [-0.25, -0.2) is 4.99 Å². The van der Waals surface area contributed by atoms with Crippen molar-refractivity contribution in [2.24, 2.45) is 4.99 Å². The average molecular weight is 426 g/mol. The van der Waals surface area contributed by atoms with E-state index in [-0.39, 0.29) is 17.8 Å². The zero-order valence-electron chi connectivity index (χ0n) is 15.7. The van der Waals surface area contributed by atoms with Crippen LogP contribution >= 0.6 is 0 Å². The molecular weight excluding hydrogens is 410 g/mol. The van der Waals surface area contributed by atoms with Gasteiger partial charge in [0.15, 0.2) is 5.90 Å². The molecule has 0 bridgehead atoms. The van der Waals surface area contributed by atoms with E-state index in [2.05, 4.69) is 4.99 Å². The Morgan fingerprint density at radius 1 is 1.00 bits per heavy atom. The Balaban J connectivity index is 1.87. The van der Waals surface area contributed by atoms with Crippen LogP contribution in [0.15, 0.2) is 53.7 Å². The Labute approximate surface area is 167 Å². The molecule has 1 aliphatic rings. The highest BCUT2D eigenvalue weighted by atomic mass is 19.4. The van der Waals surface area contributed by atoms with E-state index in [9.17, 15) is 26.3 Å². The first kappa shape index (κ1) is 20.3. The van der Waals surface area contributed by atoms with Crippen molar-refractivity contribution >= 4 is 16.8 Å². The van der Waals surface area contributed by atoms with Crippen molar-refractivity contribution < 1.29 is 31.1 Å². The fourth-order valence-electron chi connectivity index (χ4n) is 3.61. The zero-order chi connectivity index (χ0) is 21.7. The van der Waals surface area contributed by atoms with Gasteiger partial charge in [0, 0.05) is 30.6 Å². The molecule has 0 N–H and O–H groups in total. The summed E-state index contributed by atoms with van der Waals surface area (Å²) in [5, 5.41) is 0.739. The number of aliphatic imine (C=N–C) groups is 1. The number of fused-ring (bicyclic) bond motifs is 1. The fraction of sp³-hybridized carbons (Fsp3) is 0.286. The van der Waals surface area contributed by atoms with Crippen LogP contribution in [0, 0.1) is 0 Å². The number of ether oxygens (including phenoxy) is 1. The number of para-hydroxylation sites is 1. The molecule has 1 atom stereocenters. The highest BCUT2D eigenvalue weighted by Gasteiger charge is 2.37. The lowest BCUT2D eigenvalue weighted by Gasteiger charge is -2.15. The molecule has 0 amide bonds. The van der Waals surface area contributed by atoms with Crippen molar-refractivity contribution in [2.75, 3.05) is 6.61 Å². The highest BCUT2D eigenvalue weighted by Crippen LogP contribution is 2.38. The van der Waals surface area contributed by atoms with Crippen LogP contribution in [0.1, 0.15) is 23.6 Å². The van der Waals surface area contributed by atoms with Crippen LogP contribution in [-0.4, -0.2) is 23.1 Å². The summed E-state index contributed by atoms with van der Waals surface area (Å²) < 4.78 is 86.3. The third-order valence-corrected chi connectivity index (χ3v) is 4.95. The molecule has 3 aromatic rings. The summed E-state index contributed by atoms with van der Waals surface area (Å²) in [6.07, 6.45) is -7.79. The Kier molecular flexibility index (Phi) is 4.79. The predicted octanol–water partition coefficient (Wildman–Crippen LogP) is 6.03. The van der Waals surface area contributed by atoms with E-state index in [4.69, 9.17) is 4.74 Å². The molecule has 0 fully saturated rings. The smallest absolute Gasteiger partial charge is 0.416 e. The van der Waals surface area contributed by atoms with Gasteiger partial charge in [-0.15, -0.1) is 0 Å². The maximum atomic E-state index is 13.3. The SMILES string of the molecule is CC1=NC(Cc2cn(-c3cc(C(F)(F)F)cc(C(F)(F)F)c3)c3ccccc23)CO1. The van der Waals surface area contributed by atoms with Crippen LogP contribution in [0.4, 0.5) is 26.3 Å². The second kappa shape index (κ2) is 7.07.